The van der Waals surface area contributed by atoms with Gasteiger partial charge in [0.05, 0.1) is 5.75 Å². The van der Waals surface area contributed by atoms with Gasteiger partial charge in [0.25, 0.3) is 0 Å². The predicted molar refractivity (Wildman–Crippen MR) is 122 cm³/mol. The van der Waals surface area contributed by atoms with Crippen molar-refractivity contribution in [3.05, 3.63) is 71.0 Å². The molecule has 0 aliphatic rings. The molecule has 0 saturated heterocycles. The molecule has 0 unspecified atom stereocenters. The van der Waals surface area contributed by atoms with Gasteiger partial charge < -0.3 is 10.6 Å². The van der Waals surface area contributed by atoms with E-state index in [4.69, 9.17) is 0 Å². The van der Waals surface area contributed by atoms with Gasteiger partial charge in [0.2, 0.25) is 10.0 Å². The largest absolute Gasteiger partial charge is 0.356 e. The van der Waals surface area contributed by atoms with E-state index in [0.717, 1.165) is 23.1 Å². The fourth-order valence-electron chi connectivity index (χ4n) is 2.43. The minimum absolute atomic E-state index is 0. The number of nitrogens with zero attached hydrogens (tertiary/aromatic N) is 1. The van der Waals surface area contributed by atoms with Gasteiger partial charge in [-0.15, -0.1) is 24.0 Å². The van der Waals surface area contributed by atoms with Crippen molar-refractivity contribution in [2.45, 2.75) is 18.7 Å². The molecule has 0 saturated carbocycles. The Bertz CT molecular complexity index is 857. The van der Waals surface area contributed by atoms with E-state index in [1.165, 1.54) is 19.2 Å². The normalized spacial score (nSPS) is 11.6. The van der Waals surface area contributed by atoms with Crippen LogP contribution in [-0.4, -0.2) is 35.0 Å². The van der Waals surface area contributed by atoms with Crippen LogP contribution in [-0.2, 0) is 28.7 Å². The van der Waals surface area contributed by atoms with Crippen LogP contribution in [0, 0.1) is 5.82 Å². The number of sulfonamides is 1. The van der Waals surface area contributed by atoms with Crippen molar-refractivity contribution >= 4 is 40.0 Å². The van der Waals surface area contributed by atoms with Crippen LogP contribution in [0.3, 0.4) is 0 Å². The fourth-order valence-corrected chi connectivity index (χ4v) is 3.20. The number of rotatable bonds is 8. The zero-order chi connectivity index (χ0) is 19.7. The molecule has 0 aliphatic carbocycles. The molecule has 0 fully saturated rings. The Kier molecular flexibility index (Phi) is 10.4. The van der Waals surface area contributed by atoms with Gasteiger partial charge in [-0.3, -0.25) is 4.99 Å². The van der Waals surface area contributed by atoms with E-state index < -0.39 is 10.0 Å². The Hall–Kier alpha value is -1.72. The summed E-state index contributed by atoms with van der Waals surface area (Å²) in [6, 6.07) is 13.8. The second-order valence-corrected chi connectivity index (χ2v) is 7.94. The standard InChI is InChI=1S/C19H25FN4O2S.HI/c1-21-19(23-12-11-15-7-9-18(20)10-8-15)24-13-16-3-5-17(6-4-16)14-27(25,26)22-2;/h3-10,22H,11-14H2,1-2H3,(H2,21,23,24);1H. The van der Waals surface area contributed by atoms with Crippen LogP contribution in [0.25, 0.3) is 0 Å². The lowest BCUT2D eigenvalue weighted by Gasteiger charge is -2.12. The first-order valence-corrected chi connectivity index (χ1v) is 10.2. The Morgan fingerprint density at radius 1 is 0.964 bits per heavy atom. The van der Waals surface area contributed by atoms with Gasteiger partial charge in [-0.25, -0.2) is 17.5 Å². The molecule has 0 amide bonds. The van der Waals surface area contributed by atoms with Gasteiger partial charge in [-0.05, 0) is 42.3 Å². The molecule has 0 aromatic heterocycles. The number of halogens is 2. The SMILES string of the molecule is CN=C(NCCc1ccc(F)cc1)NCc1ccc(CS(=O)(=O)NC)cc1.I. The van der Waals surface area contributed by atoms with Crippen LogP contribution in [0.2, 0.25) is 0 Å². The Balaban J connectivity index is 0.00000392. The van der Waals surface area contributed by atoms with E-state index in [9.17, 15) is 12.8 Å². The van der Waals surface area contributed by atoms with Gasteiger partial charge in [-0.2, -0.15) is 0 Å². The summed E-state index contributed by atoms with van der Waals surface area (Å²) in [5, 5.41) is 6.42. The number of guanidine groups is 1. The molecule has 2 aromatic rings. The molecule has 0 aliphatic heterocycles. The van der Waals surface area contributed by atoms with Gasteiger partial charge in [0.1, 0.15) is 5.82 Å². The maximum Gasteiger partial charge on any atom is 0.215 e. The highest BCUT2D eigenvalue weighted by Crippen LogP contribution is 2.07. The number of nitrogens with one attached hydrogen (secondary N) is 3. The number of benzene rings is 2. The summed E-state index contributed by atoms with van der Waals surface area (Å²) in [5.74, 6) is 0.391. The van der Waals surface area contributed by atoms with Crippen LogP contribution in [0.4, 0.5) is 4.39 Å². The molecule has 0 radical (unpaired) electrons. The number of hydrogen-bond acceptors (Lipinski definition) is 3. The molecule has 2 rings (SSSR count). The molecule has 0 heterocycles. The van der Waals surface area contributed by atoms with Gasteiger partial charge >= 0.3 is 0 Å². The van der Waals surface area contributed by atoms with Crippen molar-refractivity contribution in [2.75, 3.05) is 20.6 Å². The highest BCUT2D eigenvalue weighted by atomic mass is 127. The molecular weight excluding hydrogens is 494 g/mol. The first-order valence-electron chi connectivity index (χ1n) is 8.60. The third kappa shape index (κ3) is 8.53. The van der Waals surface area contributed by atoms with Gasteiger partial charge in [-0.1, -0.05) is 36.4 Å². The second kappa shape index (κ2) is 12.0. The molecule has 0 atom stereocenters. The minimum Gasteiger partial charge on any atom is -0.356 e. The minimum atomic E-state index is -3.27. The average Bonchev–Trinajstić information content (AvgIpc) is 2.67. The molecule has 2 aromatic carbocycles. The summed E-state index contributed by atoms with van der Waals surface area (Å²) in [6.07, 6.45) is 0.760. The van der Waals surface area contributed by atoms with E-state index in [0.29, 0.717) is 19.0 Å². The van der Waals surface area contributed by atoms with Crippen LogP contribution >= 0.6 is 24.0 Å². The maximum absolute atomic E-state index is 12.9. The molecule has 6 nitrogen and oxygen atoms in total. The molecule has 0 bridgehead atoms. The average molecular weight is 520 g/mol. The predicted octanol–water partition coefficient (Wildman–Crippen LogP) is 2.40. The quantitative estimate of drug-likeness (QED) is 0.284. The lowest BCUT2D eigenvalue weighted by molar-refractivity contribution is 0.587. The Morgan fingerprint density at radius 3 is 2.11 bits per heavy atom. The third-order valence-electron chi connectivity index (χ3n) is 3.99. The molecule has 28 heavy (non-hydrogen) atoms. The smallest absolute Gasteiger partial charge is 0.215 e. The number of aliphatic imine (C=N–C) groups is 1. The maximum atomic E-state index is 12.9. The molecule has 0 spiro atoms. The van der Waals surface area contributed by atoms with Crippen molar-refractivity contribution in [3.63, 3.8) is 0 Å². The molecular formula is C19H26FIN4O2S. The topological polar surface area (TPSA) is 82.6 Å². The lowest BCUT2D eigenvalue weighted by Crippen LogP contribution is -2.37. The third-order valence-corrected chi connectivity index (χ3v) is 5.33. The molecule has 9 heteroatoms. The second-order valence-electron chi connectivity index (χ2n) is 6.01. The van der Waals surface area contributed by atoms with E-state index >= 15 is 0 Å². The summed E-state index contributed by atoms with van der Waals surface area (Å²) < 4.78 is 38.3. The van der Waals surface area contributed by atoms with E-state index in [1.807, 2.05) is 12.1 Å². The zero-order valence-corrected chi connectivity index (χ0v) is 19.1. The first-order chi connectivity index (χ1) is 12.9. The highest BCUT2D eigenvalue weighted by Gasteiger charge is 2.08. The fraction of sp³-hybridized carbons (Fsp3) is 0.316. The summed E-state index contributed by atoms with van der Waals surface area (Å²) in [6.45, 7) is 1.24. The summed E-state index contributed by atoms with van der Waals surface area (Å²) in [7, 11) is -0.168. The number of hydrogen-bond donors (Lipinski definition) is 3. The van der Waals surface area contributed by atoms with Crippen molar-refractivity contribution in [2.24, 2.45) is 4.99 Å². The van der Waals surface area contributed by atoms with Crippen LogP contribution < -0.4 is 15.4 Å². The lowest BCUT2D eigenvalue weighted by atomic mass is 10.1. The zero-order valence-electron chi connectivity index (χ0n) is 15.9. The van der Waals surface area contributed by atoms with Crippen molar-refractivity contribution < 1.29 is 12.8 Å². The van der Waals surface area contributed by atoms with Crippen LogP contribution in [0.1, 0.15) is 16.7 Å². The van der Waals surface area contributed by atoms with E-state index in [1.54, 1.807) is 31.3 Å². The van der Waals surface area contributed by atoms with E-state index in [2.05, 4.69) is 20.3 Å². The molecule has 3 N–H and O–H groups in total. The van der Waals surface area contributed by atoms with E-state index in [-0.39, 0.29) is 35.5 Å². The summed E-state index contributed by atoms with van der Waals surface area (Å²) in [4.78, 5) is 4.17. The van der Waals surface area contributed by atoms with Crippen molar-refractivity contribution in [1.29, 1.82) is 0 Å². The van der Waals surface area contributed by atoms with Crippen LogP contribution in [0.15, 0.2) is 53.5 Å². The highest BCUT2D eigenvalue weighted by molar-refractivity contribution is 14.0. The molecule has 154 valence electrons. The first kappa shape index (κ1) is 24.3. The monoisotopic (exact) mass is 520 g/mol. The van der Waals surface area contributed by atoms with Crippen molar-refractivity contribution in [3.8, 4) is 0 Å². The summed E-state index contributed by atoms with van der Waals surface area (Å²) >= 11 is 0. The summed E-state index contributed by atoms with van der Waals surface area (Å²) in [5.41, 5.74) is 2.79. The van der Waals surface area contributed by atoms with Gasteiger partial charge in [0.15, 0.2) is 5.96 Å². The van der Waals surface area contributed by atoms with Crippen LogP contribution in [0.5, 0.6) is 0 Å². The Labute approximate surface area is 183 Å². The van der Waals surface area contributed by atoms with Gasteiger partial charge in [0, 0.05) is 20.1 Å². The van der Waals surface area contributed by atoms with Crippen molar-refractivity contribution in [1.82, 2.24) is 15.4 Å². The Morgan fingerprint density at radius 2 is 1.54 bits per heavy atom.